The first-order chi connectivity index (χ1) is 7.40. The van der Waals surface area contributed by atoms with Crippen LogP contribution in [0, 0.1) is 0 Å². The monoisotopic (exact) mass is 202 g/mol. The smallest absolute Gasteiger partial charge is 0.161 e. The van der Waals surface area contributed by atoms with Crippen LogP contribution in [0.2, 0.25) is 0 Å². The first-order valence-corrected chi connectivity index (χ1v) is 5.06. The third-order valence-electron chi connectivity index (χ3n) is 2.25. The Morgan fingerprint density at radius 3 is 2.60 bits per heavy atom. The molecule has 0 bridgehead atoms. The molecule has 0 aromatic carbocycles. The van der Waals surface area contributed by atoms with Crippen LogP contribution in [0.3, 0.4) is 0 Å². The van der Waals surface area contributed by atoms with Gasteiger partial charge < -0.3 is 9.47 Å². The van der Waals surface area contributed by atoms with Gasteiger partial charge >= 0.3 is 0 Å². The SMILES string of the molecule is C=CC1=C(/C=C2/C=CC=CC2)OCCO1. The molecule has 0 aromatic heterocycles. The third kappa shape index (κ3) is 2.40. The second kappa shape index (κ2) is 4.69. The summed E-state index contributed by atoms with van der Waals surface area (Å²) >= 11 is 0. The lowest BCUT2D eigenvalue weighted by atomic mass is 10.1. The minimum Gasteiger partial charge on any atom is -0.486 e. The summed E-state index contributed by atoms with van der Waals surface area (Å²) in [6, 6.07) is 0. The van der Waals surface area contributed by atoms with Crippen LogP contribution >= 0.6 is 0 Å². The molecular formula is C13H14O2. The molecule has 0 N–H and O–H groups in total. The summed E-state index contributed by atoms with van der Waals surface area (Å²) in [6.07, 6.45) is 12.9. The average molecular weight is 202 g/mol. The lowest BCUT2D eigenvalue weighted by Gasteiger charge is -2.18. The van der Waals surface area contributed by atoms with E-state index in [1.54, 1.807) is 6.08 Å². The van der Waals surface area contributed by atoms with E-state index < -0.39 is 0 Å². The van der Waals surface area contributed by atoms with Gasteiger partial charge in [-0.3, -0.25) is 0 Å². The van der Waals surface area contributed by atoms with Crippen molar-refractivity contribution in [1.29, 1.82) is 0 Å². The predicted octanol–water partition coefficient (Wildman–Crippen LogP) is 2.87. The van der Waals surface area contributed by atoms with Crippen LogP contribution in [0.5, 0.6) is 0 Å². The lowest BCUT2D eigenvalue weighted by Crippen LogP contribution is -2.12. The predicted molar refractivity (Wildman–Crippen MR) is 60.1 cm³/mol. The summed E-state index contributed by atoms with van der Waals surface area (Å²) in [5.41, 5.74) is 1.22. The minimum atomic E-state index is 0.601. The molecular weight excluding hydrogens is 188 g/mol. The molecule has 2 nitrogen and oxygen atoms in total. The van der Waals surface area contributed by atoms with E-state index >= 15 is 0 Å². The van der Waals surface area contributed by atoms with Crippen molar-refractivity contribution in [3.63, 3.8) is 0 Å². The van der Waals surface area contributed by atoms with Crippen molar-refractivity contribution in [3.05, 3.63) is 60.1 Å². The zero-order valence-corrected chi connectivity index (χ0v) is 8.61. The standard InChI is InChI=1S/C13H14O2/c1-2-12-13(15-9-8-14-12)10-11-6-4-3-5-7-11/h2-6,10H,1,7-9H2/b11-10-. The van der Waals surface area contributed by atoms with Gasteiger partial charge in [0.15, 0.2) is 11.5 Å². The van der Waals surface area contributed by atoms with E-state index in [1.165, 1.54) is 5.57 Å². The van der Waals surface area contributed by atoms with Crippen molar-refractivity contribution < 1.29 is 9.47 Å². The summed E-state index contributed by atoms with van der Waals surface area (Å²) in [5.74, 6) is 1.52. The van der Waals surface area contributed by atoms with Crippen molar-refractivity contribution >= 4 is 0 Å². The first kappa shape index (κ1) is 9.84. The molecule has 2 aliphatic rings. The van der Waals surface area contributed by atoms with Crippen LogP contribution in [0.1, 0.15) is 6.42 Å². The van der Waals surface area contributed by atoms with Crippen molar-refractivity contribution in [2.75, 3.05) is 13.2 Å². The topological polar surface area (TPSA) is 18.5 Å². The number of hydrogen-bond acceptors (Lipinski definition) is 2. The van der Waals surface area contributed by atoms with Gasteiger partial charge in [0.1, 0.15) is 13.2 Å². The molecule has 0 amide bonds. The van der Waals surface area contributed by atoms with Crippen LogP contribution in [-0.4, -0.2) is 13.2 Å². The average Bonchev–Trinajstić information content (AvgIpc) is 2.31. The van der Waals surface area contributed by atoms with E-state index in [0.29, 0.717) is 13.2 Å². The van der Waals surface area contributed by atoms with Gasteiger partial charge in [0.25, 0.3) is 0 Å². The molecule has 0 spiro atoms. The minimum absolute atomic E-state index is 0.601. The fourth-order valence-corrected chi connectivity index (χ4v) is 1.52. The normalized spacial score (nSPS) is 22.5. The van der Waals surface area contributed by atoms with Crippen LogP contribution in [0.15, 0.2) is 60.1 Å². The fourth-order valence-electron chi connectivity index (χ4n) is 1.52. The van der Waals surface area contributed by atoms with Crippen molar-refractivity contribution in [3.8, 4) is 0 Å². The van der Waals surface area contributed by atoms with E-state index in [-0.39, 0.29) is 0 Å². The Hall–Kier alpha value is -1.70. The summed E-state index contributed by atoms with van der Waals surface area (Å²) in [5, 5.41) is 0. The molecule has 0 radical (unpaired) electrons. The quantitative estimate of drug-likeness (QED) is 0.685. The van der Waals surface area contributed by atoms with E-state index in [9.17, 15) is 0 Å². The Kier molecular flexibility index (Phi) is 3.08. The van der Waals surface area contributed by atoms with E-state index in [0.717, 1.165) is 17.9 Å². The van der Waals surface area contributed by atoms with Gasteiger partial charge in [-0.05, 0) is 24.1 Å². The summed E-state index contributed by atoms with van der Waals surface area (Å²) in [6.45, 7) is 4.91. The maximum atomic E-state index is 5.53. The van der Waals surface area contributed by atoms with Crippen molar-refractivity contribution in [2.45, 2.75) is 6.42 Å². The third-order valence-corrected chi connectivity index (χ3v) is 2.25. The molecule has 0 saturated carbocycles. The Morgan fingerprint density at radius 1 is 1.13 bits per heavy atom. The van der Waals surface area contributed by atoms with Gasteiger partial charge in [-0.25, -0.2) is 0 Å². The van der Waals surface area contributed by atoms with Gasteiger partial charge in [0.05, 0.1) is 0 Å². The second-order valence-corrected chi connectivity index (χ2v) is 3.34. The van der Waals surface area contributed by atoms with Gasteiger partial charge in [-0.15, -0.1) is 0 Å². The lowest BCUT2D eigenvalue weighted by molar-refractivity contribution is 0.0768. The molecule has 15 heavy (non-hydrogen) atoms. The van der Waals surface area contributed by atoms with Gasteiger partial charge in [-0.2, -0.15) is 0 Å². The van der Waals surface area contributed by atoms with Crippen LogP contribution in [-0.2, 0) is 9.47 Å². The highest BCUT2D eigenvalue weighted by atomic mass is 16.6. The van der Waals surface area contributed by atoms with Crippen LogP contribution < -0.4 is 0 Å². The summed E-state index contributed by atoms with van der Waals surface area (Å²) < 4.78 is 11.0. The van der Waals surface area contributed by atoms with Gasteiger partial charge in [0, 0.05) is 0 Å². The van der Waals surface area contributed by atoms with Crippen molar-refractivity contribution in [2.24, 2.45) is 0 Å². The largest absolute Gasteiger partial charge is 0.486 e. The highest BCUT2D eigenvalue weighted by Gasteiger charge is 2.11. The van der Waals surface area contributed by atoms with E-state index in [4.69, 9.17) is 9.47 Å². The van der Waals surface area contributed by atoms with Crippen LogP contribution in [0.25, 0.3) is 0 Å². The molecule has 78 valence electrons. The molecule has 0 aromatic rings. The Bertz CT molecular complexity index is 370. The van der Waals surface area contributed by atoms with Gasteiger partial charge in [-0.1, -0.05) is 30.9 Å². The zero-order valence-electron chi connectivity index (χ0n) is 8.61. The zero-order chi connectivity index (χ0) is 10.5. The molecule has 2 rings (SSSR count). The molecule has 0 fully saturated rings. The maximum Gasteiger partial charge on any atom is 0.161 e. The Morgan fingerprint density at radius 2 is 1.93 bits per heavy atom. The molecule has 1 aliphatic carbocycles. The molecule has 1 heterocycles. The molecule has 0 saturated heterocycles. The number of hydrogen-bond donors (Lipinski definition) is 0. The molecule has 0 unspecified atom stereocenters. The highest BCUT2D eigenvalue weighted by molar-refractivity contribution is 5.36. The van der Waals surface area contributed by atoms with E-state index in [2.05, 4.69) is 18.7 Å². The summed E-state index contributed by atoms with van der Waals surface area (Å²) in [4.78, 5) is 0. The molecule has 0 atom stereocenters. The van der Waals surface area contributed by atoms with Gasteiger partial charge in [0.2, 0.25) is 0 Å². The number of rotatable bonds is 2. The number of allylic oxidation sites excluding steroid dienone is 7. The maximum absolute atomic E-state index is 5.53. The second-order valence-electron chi connectivity index (χ2n) is 3.34. The first-order valence-electron chi connectivity index (χ1n) is 5.06. The summed E-state index contributed by atoms with van der Waals surface area (Å²) in [7, 11) is 0. The molecule has 1 aliphatic heterocycles. The van der Waals surface area contributed by atoms with Crippen molar-refractivity contribution in [1.82, 2.24) is 0 Å². The van der Waals surface area contributed by atoms with Crippen LogP contribution in [0.4, 0.5) is 0 Å². The Balaban J connectivity index is 2.22. The molecule has 2 heteroatoms. The Labute approximate surface area is 89.9 Å². The number of ether oxygens (including phenoxy) is 2. The van der Waals surface area contributed by atoms with E-state index in [1.807, 2.05) is 18.2 Å². The fraction of sp³-hybridized carbons (Fsp3) is 0.231. The highest BCUT2D eigenvalue weighted by Crippen LogP contribution is 2.20.